The number of benzene rings is 2. The Kier molecular flexibility index (Phi) is 6.48. The number of aromatic nitrogens is 2. The van der Waals surface area contributed by atoms with Crippen molar-refractivity contribution in [2.75, 3.05) is 5.32 Å². The van der Waals surface area contributed by atoms with Crippen LogP contribution in [0.5, 0.6) is 11.5 Å². The molecule has 3 rings (SSSR count). The third-order valence-electron chi connectivity index (χ3n) is 4.24. The number of nitrogens with one attached hydrogen (secondary N) is 1. The first-order valence-corrected chi connectivity index (χ1v) is 9.32. The first kappa shape index (κ1) is 23.1. The number of nitro groups is 3. The summed E-state index contributed by atoms with van der Waals surface area (Å²) in [6, 6.07) is 9.74. The number of hydrogen-bond acceptors (Lipinski definition) is 9. The van der Waals surface area contributed by atoms with Gasteiger partial charge < -0.3 is 20.2 Å². The molecule has 33 heavy (non-hydrogen) atoms. The quantitative estimate of drug-likeness (QED) is 0.370. The molecular weight excluding hydrogens is 464 g/mol. The highest BCUT2D eigenvalue weighted by atomic mass is 35.5. The number of nitro benzene ring substituents is 1. The van der Waals surface area contributed by atoms with Gasteiger partial charge in [0.25, 0.3) is 5.69 Å². The van der Waals surface area contributed by atoms with Gasteiger partial charge in [-0.1, -0.05) is 11.6 Å². The Morgan fingerprint density at radius 2 is 1.70 bits per heavy atom. The van der Waals surface area contributed by atoms with Crippen molar-refractivity contribution in [1.29, 1.82) is 0 Å². The van der Waals surface area contributed by atoms with E-state index in [1.807, 2.05) is 0 Å². The zero-order chi connectivity index (χ0) is 24.3. The molecule has 0 saturated heterocycles. The topological polar surface area (TPSA) is 186 Å². The smallest absolute Gasteiger partial charge is 0.457 e. The average Bonchev–Trinajstić information content (AvgIpc) is 3.06. The van der Waals surface area contributed by atoms with Crippen molar-refractivity contribution >= 4 is 40.4 Å². The fraction of sp³-hybridized carbons (Fsp3) is 0.111. The lowest BCUT2D eigenvalue weighted by molar-refractivity contribution is -0.424. The summed E-state index contributed by atoms with van der Waals surface area (Å²) in [6.07, 6.45) is 0. The lowest BCUT2D eigenvalue weighted by atomic mass is 10.2. The van der Waals surface area contributed by atoms with Gasteiger partial charge in [-0.05, 0) is 36.1 Å². The maximum Gasteiger partial charge on any atom is 0.468 e. The first-order chi connectivity index (χ1) is 15.5. The zero-order valence-electron chi connectivity index (χ0n) is 16.6. The summed E-state index contributed by atoms with van der Waals surface area (Å²) in [4.78, 5) is 43.2. The molecule has 0 atom stereocenters. The number of carbonyl (C=O) groups excluding carboxylic acids is 1. The lowest BCUT2D eigenvalue weighted by Gasteiger charge is -2.09. The summed E-state index contributed by atoms with van der Waals surface area (Å²) in [7, 11) is 0. The fourth-order valence-corrected chi connectivity index (χ4v) is 2.93. The van der Waals surface area contributed by atoms with Crippen molar-refractivity contribution in [1.82, 2.24) is 9.78 Å². The first-order valence-electron chi connectivity index (χ1n) is 8.94. The van der Waals surface area contributed by atoms with Gasteiger partial charge in [0.2, 0.25) is 5.91 Å². The van der Waals surface area contributed by atoms with Crippen LogP contribution in [-0.4, -0.2) is 30.5 Å². The SMILES string of the molecule is Cc1c([N+](=O)[O-])c([N+](=O)[O-])nn1CC(=O)Nc1cc(Oc2ccc(Cl)cc2)cc([N+](=O)[O-])c1. The van der Waals surface area contributed by atoms with Gasteiger partial charge in [-0.3, -0.25) is 25.0 Å². The number of rotatable bonds is 8. The molecule has 1 amide bonds. The van der Waals surface area contributed by atoms with Gasteiger partial charge in [0.1, 0.15) is 23.7 Å². The fourth-order valence-electron chi connectivity index (χ4n) is 2.81. The minimum atomic E-state index is -1.03. The largest absolute Gasteiger partial charge is 0.468 e. The maximum atomic E-state index is 12.4. The van der Waals surface area contributed by atoms with E-state index in [9.17, 15) is 35.1 Å². The molecule has 0 aliphatic carbocycles. The summed E-state index contributed by atoms with van der Waals surface area (Å²) in [5.41, 5.74) is -1.42. The highest BCUT2D eigenvalue weighted by molar-refractivity contribution is 6.30. The minimum Gasteiger partial charge on any atom is -0.457 e. The van der Waals surface area contributed by atoms with Crippen molar-refractivity contribution in [2.45, 2.75) is 13.5 Å². The maximum absolute atomic E-state index is 12.4. The summed E-state index contributed by atoms with van der Waals surface area (Å²) in [5, 5.41) is 39.8. The molecule has 0 aliphatic heterocycles. The number of non-ortho nitro benzene ring substituents is 1. The van der Waals surface area contributed by atoms with Crippen LogP contribution in [0.4, 0.5) is 22.9 Å². The molecule has 15 heteroatoms. The van der Waals surface area contributed by atoms with Crippen LogP contribution in [0, 0.1) is 37.3 Å². The predicted octanol–water partition coefficient (Wildman–Crippen LogP) is 4.00. The van der Waals surface area contributed by atoms with Gasteiger partial charge in [0, 0.05) is 17.2 Å². The van der Waals surface area contributed by atoms with E-state index in [-0.39, 0.29) is 22.8 Å². The van der Waals surface area contributed by atoms with E-state index in [1.54, 1.807) is 24.3 Å². The van der Waals surface area contributed by atoms with Gasteiger partial charge in [-0.15, -0.1) is 0 Å². The standard InChI is InChI=1S/C18H13ClN6O8/c1-10-17(24(29)30)18(25(31)32)21-22(10)9-16(26)20-12-6-13(23(27)28)8-15(7-12)33-14-4-2-11(19)3-5-14/h2-8H,9H2,1H3,(H,20,26). The Morgan fingerprint density at radius 3 is 2.24 bits per heavy atom. The molecule has 0 fully saturated rings. The molecule has 0 saturated carbocycles. The third kappa shape index (κ3) is 5.37. The van der Waals surface area contributed by atoms with Crippen molar-refractivity contribution in [3.05, 3.63) is 83.5 Å². The second-order valence-corrected chi connectivity index (χ2v) is 6.94. The van der Waals surface area contributed by atoms with Crippen LogP contribution >= 0.6 is 11.6 Å². The molecule has 170 valence electrons. The number of ether oxygens (including phenoxy) is 1. The highest BCUT2D eigenvalue weighted by Crippen LogP contribution is 2.31. The van der Waals surface area contributed by atoms with E-state index < -0.39 is 38.7 Å². The monoisotopic (exact) mass is 476 g/mol. The summed E-state index contributed by atoms with van der Waals surface area (Å²) in [6.45, 7) is 0.591. The molecule has 1 aromatic heterocycles. The van der Waals surface area contributed by atoms with E-state index in [1.165, 1.54) is 13.0 Å². The summed E-state index contributed by atoms with van der Waals surface area (Å²) in [5.74, 6) is -1.41. The molecule has 0 bridgehead atoms. The number of nitrogens with zero attached hydrogens (tertiary/aromatic N) is 5. The van der Waals surface area contributed by atoms with Crippen LogP contribution in [0.2, 0.25) is 5.02 Å². The van der Waals surface area contributed by atoms with Gasteiger partial charge in [-0.2, -0.15) is 4.68 Å². The van der Waals surface area contributed by atoms with Crippen LogP contribution < -0.4 is 10.1 Å². The number of hydrogen-bond donors (Lipinski definition) is 1. The second kappa shape index (κ2) is 9.27. The van der Waals surface area contributed by atoms with Crippen molar-refractivity contribution < 1.29 is 24.3 Å². The molecule has 3 aromatic rings. The Bertz CT molecular complexity index is 1270. The van der Waals surface area contributed by atoms with Gasteiger partial charge >= 0.3 is 11.5 Å². The molecule has 1 heterocycles. The van der Waals surface area contributed by atoms with E-state index in [4.69, 9.17) is 16.3 Å². The predicted molar refractivity (Wildman–Crippen MR) is 114 cm³/mol. The van der Waals surface area contributed by atoms with Crippen molar-refractivity contribution in [3.63, 3.8) is 0 Å². The van der Waals surface area contributed by atoms with Crippen LogP contribution in [0.15, 0.2) is 42.5 Å². The van der Waals surface area contributed by atoms with Gasteiger partial charge in [0.15, 0.2) is 0 Å². The Balaban J connectivity index is 1.84. The molecule has 14 nitrogen and oxygen atoms in total. The second-order valence-electron chi connectivity index (χ2n) is 6.51. The molecule has 1 N–H and O–H groups in total. The van der Waals surface area contributed by atoms with Crippen LogP contribution in [-0.2, 0) is 11.3 Å². The zero-order valence-corrected chi connectivity index (χ0v) is 17.4. The Morgan fingerprint density at radius 1 is 1.03 bits per heavy atom. The highest BCUT2D eigenvalue weighted by Gasteiger charge is 2.35. The van der Waals surface area contributed by atoms with E-state index in [0.717, 1.165) is 16.8 Å². The van der Waals surface area contributed by atoms with E-state index in [0.29, 0.717) is 10.8 Å². The number of anilines is 1. The summed E-state index contributed by atoms with van der Waals surface area (Å²) >= 11 is 5.81. The third-order valence-corrected chi connectivity index (χ3v) is 4.49. The van der Waals surface area contributed by atoms with Crippen LogP contribution in [0.3, 0.4) is 0 Å². The lowest BCUT2D eigenvalue weighted by Crippen LogP contribution is -2.20. The Labute approximate surface area is 188 Å². The van der Waals surface area contributed by atoms with E-state index >= 15 is 0 Å². The van der Waals surface area contributed by atoms with Gasteiger partial charge in [0.05, 0.1) is 26.7 Å². The minimum absolute atomic E-state index is 0.00743. The molecule has 0 aliphatic rings. The average molecular weight is 477 g/mol. The van der Waals surface area contributed by atoms with E-state index in [2.05, 4.69) is 10.4 Å². The number of halogens is 1. The normalized spacial score (nSPS) is 10.5. The van der Waals surface area contributed by atoms with Crippen LogP contribution in [0.25, 0.3) is 0 Å². The molecule has 0 spiro atoms. The molecule has 0 unspecified atom stereocenters. The molecule has 0 radical (unpaired) electrons. The molecular formula is C18H13ClN6O8. The molecule has 2 aromatic carbocycles. The summed E-state index contributed by atoms with van der Waals surface area (Å²) < 4.78 is 6.37. The van der Waals surface area contributed by atoms with Crippen LogP contribution in [0.1, 0.15) is 5.69 Å². The van der Waals surface area contributed by atoms with Crippen molar-refractivity contribution in [2.24, 2.45) is 0 Å². The number of carbonyl (C=O) groups is 1. The van der Waals surface area contributed by atoms with Gasteiger partial charge in [-0.25, -0.2) is 0 Å². The number of amides is 1. The van der Waals surface area contributed by atoms with Crippen molar-refractivity contribution in [3.8, 4) is 11.5 Å². The Hall–Kier alpha value is -4.59.